The highest BCUT2D eigenvalue weighted by atomic mass is 79.9. The van der Waals surface area contributed by atoms with Crippen molar-refractivity contribution in [1.29, 1.82) is 0 Å². The summed E-state index contributed by atoms with van der Waals surface area (Å²) in [6, 6.07) is 3.56. The first-order valence-corrected chi connectivity index (χ1v) is 7.40. The monoisotopic (exact) mass is 322 g/mol. The molecule has 1 aliphatic carbocycles. The summed E-state index contributed by atoms with van der Waals surface area (Å²) in [6.45, 7) is 1.85. The van der Waals surface area contributed by atoms with Crippen molar-refractivity contribution in [3.63, 3.8) is 0 Å². The Hall–Kier alpha value is -1.23. The molecule has 100 valence electrons. The normalized spacial score (nSPS) is 26.7. The van der Waals surface area contributed by atoms with E-state index in [2.05, 4.69) is 20.9 Å². The van der Waals surface area contributed by atoms with Crippen LogP contribution in [0.25, 0.3) is 0 Å². The number of carbonyl (C=O) groups excluding carboxylic acids is 2. The number of hydrogen-bond acceptors (Lipinski definition) is 3. The van der Waals surface area contributed by atoms with Crippen molar-refractivity contribution in [1.82, 2.24) is 4.98 Å². The van der Waals surface area contributed by atoms with E-state index in [1.54, 1.807) is 6.07 Å². The topological polar surface area (TPSA) is 50.3 Å². The van der Waals surface area contributed by atoms with E-state index in [0.717, 1.165) is 35.8 Å². The first-order chi connectivity index (χ1) is 9.09. The summed E-state index contributed by atoms with van der Waals surface area (Å²) in [6.07, 6.45) is 3.75. The van der Waals surface area contributed by atoms with Gasteiger partial charge >= 0.3 is 0 Å². The van der Waals surface area contributed by atoms with Gasteiger partial charge in [-0.25, -0.2) is 9.88 Å². The van der Waals surface area contributed by atoms with Gasteiger partial charge in [0.05, 0.1) is 17.5 Å². The molecule has 0 bridgehead atoms. The number of hydrogen-bond donors (Lipinski definition) is 0. The van der Waals surface area contributed by atoms with E-state index in [4.69, 9.17) is 0 Å². The van der Waals surface area contributed by atoms with Crippen molar-refractivity contribution in [3.05, 3.63) is 22.3 Å². The molecule has 1 saturated heterocycles. The molecule has 2 fully saturated rings. The molecular weight excluding hydrogens is 308 g/mol. The molecule has 5 heteroatoms. The van der Waals surface area contributed by atoms with Crippen LogP contribution >= 0.6 is 15.9 Å². The summed E-state index contributed by atoms with van der Waals surface area (Å²) in [5.74, 6) is 0.0944. The Bertz CT molecular complexity index is 534. The van der Waals surface area contributed by atoms with Gasteiger partial charge in [-0.3, -0.25) is 9.59 Å². The molecule has 2 heterocycles. The number of nitrogens with zero attached hydrogens (tertiary/aromatic N) is 2. The van der Waals surface area contributed by atoms with E-state index in [9.17, 15) is 9.59 Å². The van der Waals surface area contributed by atoms with Crippen molar-refractivity contribution in [3.8, 4) is 0 Å². The van der Waals surface area contributed by atoms with Crippen LogP contribution in [0.1, 0.15) is 31.4 Å². The van der Waals surface area contributed by atoms with Crippen molar-refractivity contribution in [2.24, 2.45) is 11.8 Å². The molecule has 0 aromatic carbocycles. The Labute approximate surface area is 120 Å². The number of fused-ring (bicyclic) bond motifs is 1. The predicted octanol–water partition coefficient (Wildman–Crippen LogP) is 2.83. The number of rotatable bonds is 1. The molecule has 0 radical (unpaired) electrons. The van der Waals surface area contributed by atoms with Crippen LogP contribution in [0.3, 0.4) is 0 Å². The van der Waals surface area contributed by atoms with Crippen LogP contribution in [0.15, 0.2) is 16.6 Å². The smallest absolute Gasteiger partial charge is 0.238 e. The summed E-state index contributed by atoms with van der Waals surface area (Å²) >= 11 is 3.38. The van der Waals surface area contributed by atoms with E-state index in [-0.39, 0.29) is 23.7 Å². The van der Waals surface area contributed by atoms with Gasteiger partial charge in [-0.05, 0) is 47.8 Å². The van der Waals surface area contributed by atoms with E-state index in [1.807, 2.05) is 13.0 Å². The molecule has 1 aliphatic heterocycles. The number of aryl methyl sites for hydroxylation is 1. The summed E-state index contributed by atoms with van der Waals surface area (Å²) in [4.78, 5) is 30.4. The Kier molecular flexibility index (Phi) is 3.17. The van der Waals surface area contributed by atoms with Gasteiger partial charge in [0.2, 0.25) is 11.8 Å². The first kappa shape index (κ1) is 12.8. The number of imide groups is 1. The molecule has 0 spiro atoms. The van der Waals surface area contributed by atoms with E-state index in [1.165, 1.54) is 4.90 Å². The van der Waals surface area contributed by atoms with Crippen molar-refractivity contribution in [2.75, 3.05) is 4.90 Å². The van der Waals surface area contributed by atoms with Gasteiger partial charge in [-0.2, -0.15) is 0 Å². The summed E-state index contributed by atoms with van der Waals surface area (Å²) in [7, 11) is 0. The van der Waals surface area contributed by atoms with Crippen LogP contribution in [0.4, 0.5) is 5.82 Å². The van der Waals surface area contributed by atoms with E-state index >= 15 is 0 Å². The minimum atomic E-state index is -0.119. The number of carbonyl (C=O) groups is 2. The quantitative estimate of drug-likeness (QED) is 0.747. The average Bonchev–Trinajstić information content (AvgIpc) is 2.66. The van der Waals surface area contributed by atoms with Gasteiger partial charge in [0.1, 0.15) is 5.82 Å². The molecule has 19 heavy (non-hydrogen) atoms. The highest BCUT2D eigenvalue weighted by molar-refractivity contribution is 9.10. The lowest BCUT2D eigenvalue weighted by Crippen LogP contribution is -2.31. The van der Waals surface area contributed by atoms with Crippen molar-refractivity contribution < 1.29 is 9.59 Å². The van der Waals surface area contributed by atoms with E-state index < -0.39 is 0 Å². The molecule has 2 atom stereocenters. The zero-order valence-corrected chi connectivity index (χ0v) is 12.3. The zero-order chi connectivity index (χ0) is 13.6. The third-order valence-corrected chi connectivity index (χ3v) is 4.92. The van der Waals surface area contributed by atoms with Crippen LogP contribution in [-0.4, -0.2) is 16.8 Å². The Morgan fingerprint density at radius 3 is 2.26 bits per heavy atom. The van der Waals surface area contributed by atoms with Gasteiger partial charge < -0.3 is 0 Å². The lowest BCUT2D eigenvalue weighted by Gasteiger charge is -2.19. The number of aromatic nitrogens is 1. The van der Waals surface area contributed by atoms with Gasteiger partial charge in [0, 0.05) is 4.47 Å². The van der Waals surface area contributed by atoms with E-state index in [0.29, 0.717) is 5.82 Å². The Morgan fingerprint density at radius 2 is 1.74 bits per heavy atom. The maximum atomic E-state index is 12.4. The average molecular weight is 323 g/mol. The molecule has 1 aromatic rings. The molecule has 2 aliphatic rings. The standard InChI is InChI=1S/C14H15BrN2O2/c1-8-11(15)6-7-12(16-8)17-13(18)9-4-2-3-5-10(9)14(17)19/h6-7,9-10H,2-5H2,1H3. The molecular formula is C14H15BrN2O2. The lowest BCUT2D eigenvalue weighted by atomic mass is 9.81. The molecule has 4 nitrogen and oxygen atoms in total. The summed E-state index contributed by atoms with van der Waals surface area (Å²) < 4.78 is 0.882. The number of anilines is 1. The SMILES string of the molecule is Cc1nc(N2C(=O)C3CCCCC3C2=O)ccc1Br. The van der Waals surface area contributed by atoms with Gasteiger partial charge in [-0.1, -0.05) is 12.8 Å². The fraction of sp³-hybridized carbons (Fsp3) is 0.500. The molecule has 2 amide bonds. The summed E-state index contributed by atoms with van der Waals surface area (Å²) in [5, 5.41) is 0. The number of amides is 2. The molecule has 2 unspecified atom stereocenters. The summed E-state index contributed by atoms with van der Waals surface area (Å²) in [5.41, 5.74) is 0.785. The fourth-order valence-electron chi connectivity index (χ4n) is 3.04. The zero-order valence-electron chi connectivity index (χ0n) is 10.7. The Morgan fingerprint density at radius 1 is 1.16 bits per heavy atom. The molecule has 3 rings (SSSR count). The van der Waals surface area contributed by atoms with Crippen LogP contribution in [-0.2, 0) is 9.59 Å². The maximum absolute atomic E-state index is 12.4. The Balaban J connectivity index is 1.98. The van der Waals surface area contributed by atoms with Crippen molar-refractivity contribution in [2.45, 2.75) is 32.6 Å². The minimum Gasteiger partial charge on any atom is -0.274 e. The van der Waals surface area contributed by atoms with Gasteiger partial charge in [-0.15, -0.1) is 0 Å². The highest BCUT2D eigenvalue weighted by Crippen LogP contribution is 2.39. The second-order valence-electron chi connectivity index (χ2n) is 5.25. The fourth-order valence-corrected chi connectivity index (χ4v) is 3.26. The third-order valence-electron chi connectivity index (χ3n) is 4.08. The van der Waals surface area contributed by atoms with Crippen molar-refractivity contribution >= 4 is 33.6 Å². The number of halogens is 1. The maximum Gasteiger partial charge on any atom is 0.238 e. The van der Waals surface area contributed by atoms with Crippen LogP contribution in [0.2, 0.25) is 0 Å². The van der Waals surface area contributed by atoms with Gasteiger partial charge in [0.15, 0.2) is 0 Å². The van der Waals surface area contributed by atoms with Crippen LogP contribution in [0.5, 0.6) is 0 Å². The second kappa shape index (κ2) is 4.71. The van der Waals surface area contributed by atoms with Crippen LogP contribution in [0, 0.1) is 18.8 Å². The van der Waals surface area contributed by atoms with Gasteiger partial charge in [0.25, 0.3) is 0 Å². The predicted molar refractivity (Wildman–Crippen MR) is 74.6 cm³/mol. The minimum absolute atomic E-state index is 0.0658. The molecule has 1 saturated carbocycles. The highest BCUT2D eigenvalue weighted by Gasteiger charge is 2.49. The third kappa shape index (κ3) is 2.00. The largest absolute Gasteiger partial charge is 0.274 e. The molecule has 0 N–H and O–H groups in total. The second-order valence-corrected chi connectivity index (χ2v) is 6.10. The number of pyridine rings is 1. The van der Waals surface area contributed by atoms with Crippen LogP contribution < -0.4 is 4.90 Å². The lowest BCUT2D eigenvalue weighted by molar-refractivity contribution is -0.122. The first-order valence-electron chi connectivity index (χ1n) is 6.60. The molecule has 1 aromatic heterocycles.